The van der Waals surface area contributed by atoms with Crippen LogP contribution in [0, 0.1) is 0 Å². The van der Waals surface area contributed by atoms with Gasteiger partial charge in [-0.05, 0) is 59.7 Å². The molecule has 1 N–H and O–H groups in total. The molecule has 0 unspecified atom stereocenters. The van der Waals surface area contributed by atoms with Crippen LogP contribution in [0.25, 0.3) is 10.8 Å². The summed E-state index contributed by atoms with van der Waals surface area (Å²) in [6.45, 7) is -0.124. The average Bonchev–Trinajstić information content (AvgIpc) is 3.30. The molecule has 1 aliphatic carbocycles. The van der Waals surface area contributed by atoms with Gasteiger partial charge in [0, 0.05) is 11.1 Å². The summed E-state index contributed by atoms with van der Waals surface area (Å²) in [6.07, 6.45) is 0.995. The lowest BCUT2D eigenvalue weighted by Gasteiger charge is -2.34. The van der Waals surface area contributed by atoms with Crippen molar-refractivity contribution >= 4 is 38.1 Å². The molecule has 0 aromatic heterocycles. The number of anilines is 2. The Labute approximate surface area is 197 Å². The summed E-state index contributed by atoms with van der Waals surface area (Å²) < 4.78 is 34.2. The summed E-state index contributed by atoms with van der Waals surface area (Å²) in [6, 6.07) is 25.2. The number of rotatable bonds is 4. The van der Waals surface area contributed by atoms with E-state index in [1.165, 1.54) is 20.8 Å². The Bertz CT molecular complexity index is 1520. The number of hydrogen-bond acceptors (Lipinski definition) is 4. The minimum absolute atomic E-state index is 0.124. The molecule has 6 nitrogen and oxygen atoms in total. The SMILES string of the molecule is O=C(Nc1ccc2c3c(cccc13)CC2)[C@H]1CN(S(=O)(=O)c2ccccc2)c2ccccc2O1. The van der Waals surface area contributed by atoms with Gasteiger partial charge in [-0.25, -0.2) is 8.42 Å². The topological polar surface area (TPSA) is 75.7 Å². The first kappa shape index (κ1) is 20.7. The summed E-state index contributed by atoms with van der Waals surface area (Å²) in [7, 11) is -3.88. The Balaban J connectivity index is 1.35. The maximum absolute atomic E-state index is 13.5. The number of nitrogens with zero attached hydrogens (tertiary/aromatic N) is 1. The van der Waals surface area contributed by atoms with Crippen LogP contribution in [-0.4, -0.2) is 27.0 Å². The Morgan fingerprint density at radius 1 is 0.853 bits per heavy atom. The number of fused-ring (bicyclic) bond motifs is 1. The third-order valence-corrected chi connectivity index (χ3v) is 8.29. The Kier molecular flexibility index (Phi) is 4.81. The van der Waals surface area contributed by atoms with Crippen molar-refractivity contribution in [3.63, 3.8) is 0 Å². The second kappa shape index (κ2) is 7.88. The zero-order chi connectivity index (χ0) is 23.3. The molecule has 6 rings (SSSR count). The predicted molar refractivity (Wildman–Crippen MR) is 132 cm³/mol. The van der Waals surface area contributed by atoms with Crippen LogP contribution in [0.3, 0.4) is 0 Å². The molecular formula is C27H22N2O4S. The van der Waals surface area contributed by atoms with Gasteiger partial charge in [-0.2, -0.15) is 0 Å². The molecule has 0 spiro atoms. The van der Waals surface area contributed by atoms with Gasteiger partial charge in [0.15, 0.2) is 6.10 Å². The fourth-order valence-electron chi connectivity index (χ4n) is 4.86. The van der Waals surface area contributed by atoms with E-state index in [2.05, 4.69) is 17.4 Å². The van der Waals surface area contributed by atoms with E-state index in [9.17, 15) is 13.2 Å². The molecule has 0 saturated carbocycles. The Morgan fingerprint density at radius 3 is 2.41 bits per heavy atom. The number of carbonyl (C=O) groups excluding carboxylic acids is 1. The fraction of sp³-hybridized carbons (Fsp3) is 0.148. The highest BCUT2D eigenvalue weighted by Gasteiger charge is 2.37. The van der Waals surface area contributed by atoms with Gasteiger partial charge in [-0.1, -0.05) is 54.6 Å². The van der Waals surface area contributed by atoms with Crippen LogP contribution < -0.4 is 14.4 Å². The normalized spacial score (nSPS) is 16.7. The zero-order valence-electron chi connectivity index (χ0n) is 18.3. The van der Waals surface area contributed by atoms with Crippen LogP contribution in [0.5, 0.6) is 5.75 Å². The Morgan fingerprint density at radius 2 is 1.59 bits per heavy atom. The lowest BCUT2D eigenvalue weighted by molar-refractivity contribution is -0.122. The smallest absolute Gasteiger partial charge is 0.267 e. The van der Waals surface area contributed by atoms with Crippen LogP contribution in [0.1, 0.15) is 11.1 Å². The van der Waals surface area contributed by atoms with E-state index in [1.807, 2.05) is 18.2 Å². The van der Waals surface area contributed by atoms with Crippen molar-refractivity contribution in [1.82, 2.24) is 0 Å². The van der Waals surface area contributed by atoms with Crippen molar-refractivity contribution in [2.75, 3.05) is 16.2 Å². The van der Waals surface area contributed by atoms with E-state index in [-0.39, 0.29) is 17.3 Å². The second-order valence-corrected chi connectivity index (χ2v) is 10.4. The molecule has 4 aromatic rings. The Hall–Kier alpha value is -3.84. The molecule has 34 heavy (non-hydrogen) atoms. The maximum Gasteiger partial charge on any atom is 0.267 e. The molecule has 2 aliphatic rings. The van der Waals surface area contributed by atoms with Crippen LogP contribution in [0.2, 0.25) is 0 Å². The van der Waals surface area contributed by atoms with Gasteiger partial charge in [0.05, 0.1) is 17.1 Å². The first-order valence-electron chi connectivity index (χ1n) is 11.2. The van der Waals surface area contributed by atoms with Gasteiger partial charge >= 0.3 is 0 Å². The van der Waals surface area contributed by atoms with Crippen LogP contribution in [0.15, 0.2) is 89.8 Å². The quantitative estimate of drug-likeness (QED) is 0.475. The highest BCUT2D eigenvalue weighted by atomic mass is 32.2. The molecule has 0 bridgehead atoms. The number of ether oxygens (including phenoxy) is 1. The monoisotopic (exact) mass is 470 g/mol. The van der Waals surface area contributed by atoms with Gasteiger partial charge in [-0.15, -0.1) is 0 Å². The number of benzene rings is 4. The van der Waals surface area contributed by atoms with E-state index in [4.69, 9.17) is 4.74 Å². The zero-order valence-corrected chi connectivity index (χ0v) is 19.1. The predicted octanol–water partition coefficient (Wildman–Crippen LogP) is 4.53. The molecule has 1 atom stereocenters. The number of amides is 1. The minimum atomic E-state index is -3.88. The van der Waals surface area contributed by atoms with E-state index < -0.39 is 16.1 Å². The second-order valence-electron chi connectivity index (χ2n) is 8.52. The highest BCUT2D eigenvalue weighted by molar-refractivity contribution is 7.92. The highest BCUT2D eigenvalue weighted by Crippen LogP contribution is 2.38. The molecule has 170 valence electrons. The lowest BCUT2D eigenvalue weighted by Crippen LogP contribution is -2.48. The number of aryl methyl sites for hydroxylation is 2. The molecule has 1 amide bonds. The van der Waals surface area contributed by atoms with E-state index in [1.54, 1.807) is 54.6 Å². The van der Waals surface area contributed by atoms with Crippen molar-refractivity contribution in [3.05, 3.63) is 96.1 Å². The number of carbonyl (C=O) groups is 1. The molecule has 7 heteroatoms. The molecule has 4 aromatic carbocycles. The standard InChI is InChI=1S/C27H22N2O4S/c30-27(28-22-16-15-19-14-13-18-7-6-10-21(22)26(18)19)25-17-29(23-11-4-5-12-24(23)33-25)34(31,32)20-8-2-1-3-9-20/h1-12,15-16,25H,13-14,17H2,(H,28,30)/t25-/m1/s1. The number of nitrogens with one attached hydrogen (secondary N) is 1. The van der Waals surface area contributed by atoms with Gasteiger partial charge in [0.2, 0.25) is 0 Å². The maximum atomic E-state index is 13.5. The van der Waals surface area contributed by atoms with Gasteiger partial charge in [0.1, 0.15) is 5.75 Å². The van der Waals surface area contributed by atoms with E-state index in [0.29, 0.717) is 17.1 Å². The molecule has 0 saturated heterocycles. The first-order valence-corrected chi connectivity index (χ1v) is 12.6. The van der Waals surface area contributed by atoms with Gasteiger partial charge < -0.3 is 10.1 Å². The molecular weight excluding hydrogens is 448 g/mol. The summed E-state index contributed by atoms with van der Waals surface area (Å²) in [5.41, 5.74) is 3.69. The summed E-state index contributed by atoms with van der Waals surface area (Å²) >= 11 is 0. The van der Waals surface area contributed by atoms with Crippen LogP contribution in [0.4, 0.5) is 11.4 Å². The molecule has 0 fully saturated rings. The third kappa shape index (κ3) is 3.31. The summed E-state index contributed by atoms with van der Waals surface area (Å²) in [5, 5.41) is 5.18. The summed E-state index contributed by atoms with van der Waals surface area (Å²) in [5.74, 6) is -0.0321. The van der Waals surface area contributed by atoms with Crippen molar-refractivity contribution in [3.8, 4) is 5.75 Å². The number of sulfonamides is 1. The third-order valence-electron chi connectivity index (χ3n) is 6.49. The van der Waals surface area contributed by atoms with Crippen molar-refractivity contribution < 1.29 is 17.9 Å². The number of para-hydroxylation sites is 2. The van der Waals surface area contributed by atoms with Crippen LogP contribution >= 0.6 is 0 Å². The molecule has 1 heterocycles. The van der Waals surface area contributed by atoms with Crippen molar-refractivity contribution in [1.29, 1.82) is 0 Å². The van der Waals surface area contributed by atoms with Gasteiger partial charge in [-0.3, -0.25) is 9.10 Å². The fourth-order valence-corrected chi connectivity index (χ4v) is 6.35. The largest absolute Gasteiger partial charge is 0.476 e. The molecule has 0 radical (unpaired) electrons. The summed E-state index contributed by atoms with van der Waals surface area (Å²) in [4.78, 5) is 13.5. The minimum Gasteiger partial charge on any atom is -0.476 e. The van der Waals surface area contributed by atoms with E-state index >= 15 is 0 Å². The first-order chi connectivity index (χ1) is 16.5. The van der Waals surface area contributed by atoms with Crippen molar-refractivity contribution in [2.24, 2.45) is 0 Å². The average molecular weight is 471 g/mol. The van der Waals surface area contributed by atoms with Crippen LogP contribution in [-0.2, 0) is 27.7 Å². The van der Waals surface area contributed by atoms with E-state index in [0.717, 1.165) is 18.2 Å². The number of hydrogen-bond donors (Lipinski definition) is 1. The lowest BCUT2D eigenvalue weighted by atomic mass is 10.0. The molecule has 1 aliphatic heterocycles. The van der Waals surface area contributed by atoms with Gasteiger partial charge in [0.25, 0.3) is 15.9 Å². The van der Waals surface area contributed by atoms with Crippen molar-refractivity contribution in [2.45, 2.75) is 23.8 Å².